The lowest BCUT2D eigenvalue weighted by atomic mass is 9.92. The second kappa shape index (κ2) is 5.24. The highest BCUT2D eigenvalue weighted by Crippen LogP contribution is 2.24. The molecule has 0 amide bonds. The van der Waals surface area contributed by atoms with Gasteiger partial charge in [-0.15, -0.1) is 0 Å². The fourth-order valence-corrected chi connectivity index (χ4v) is 4.96. The third kappa shape index (κ3) is 3.20. The van der Waals surface area contributed by atoms with Gasteiger partial charge in [-0.25, -0.2) is 8.42 Å². The van der Waals surface area contributed by atoms with E-state index >= 15 is 0 Å². The summed E-state index contributed by atoms with van der Waals surface area (Å²) in [5, 5.41) is 3.35. The van der Waals surface area contributed by atoms with Crippen molar-refractivity contribution in [3.63, 3.8) is 0 Å². The van der Waals surface area contributed by atoms with Gasteiger partial charge in [-0.1, -0.05) is 6.92 Å². The molecule has 0 bridgehead atoms. The van der Waals surface area contributed by atoms with Crippen LogP contribution in [0.15, 0.2) is 0 Å². The first-order valence-corrected chi connectivity index (χ1v) is 8.46. The molecular formula is C12H24N2O2S. The fraction of sp³-hybridized carbons (Fsp3) is 1.00. The fourth-order valence-electron chi connectivity index (χ4n) is 3.22. The lowest BCUT2D eigenvalue weighted by molar-refractivity contribution is 0.109. The van der Waals surface area contributed by atoms with Crippen molar-refractivity contribution >= 4 is 9.84 Å². The molecule has 2 rings (SSSR count). The molecule has 2 aliphatic rings. The molecule has 0 spiro atoms. The predicted molar refractivity (Wildman–Crippen MR) is 69.9 cm³/mol. The van der Waals surface area contributed by atoms with Crippen molar-refractivity contribution in [3.8, 4) is 0 Å². The smallest absolute Gasteiger partial charge is 0.151 e. The van der Waals surface area contributed by atoms with Gasteiger partial charge in [-0.05, 0) is 38.8 Å². The van der Waals surface area contributed by atoms with E-state index in [1.165, 1.54) is 0 Å². The Balaban J connectivity index is 1.95. The molecule has 4 nitrogen and oxygen atoms in total. The third-order valence-corrected chi connectivity index (χ3v) is 6.07. The van der Waals surface area contributed by atoms with E-state index in [1.807, 2.05) is 7.05 Å². The van der Waals surface area contributed by atoms with Crippen molar-refractivity contribution in [3.05, 3.63) is 0 Å². The van der Waals surface area contributed by atoms with Crippen molar-refractivity contribution in [2.75, 3.05) is 31.6 Å². The molecule has 2 fully saturated rings. The summed E-state index contributed by atoms with van der Waals surface area (Å²) in [4.78, 5) is 2.40. The van der Waals surface area contributed by atoms with Crippen LogP contribution in [0.4, 0.5) is 0 Å². The molecule has 2 aliphatic heterocycles. The third-order valence-electron chi connectivity index (χ3n) is 4.26. The van der Waals surface area contributed by atoms with E-state index in [4.69, 9.17) is 0 Å². The van der Waals surface area contributed by atoms with Gasteiger partial charge in [-0.3, -0.25) is 4.90 Å². The number of nitrogens with zero attached hydrogens (tertiary/aromatic N) is 1. The van der Waals surface area contributed by atoms with Crippen LogP contribution in [0.1, 0.15) is 26.2 Å². The van der Waals surface area contributed by atoms with E-state index in [2.05, 4.69) is 17.1 Å². The van der Waals surface area contributed by atoms with Crippen LogP contribution in [0, 0.1) is 5.92 Å². The minimum atomic E-state index is -2.78. The van der Waals surface area contributed by atoms with Crippen molar-refractivity contribution in [1.82, 2.24) is 10.2 Å². The molecular weight excluding hydrogens is 236 g/mol. The molecule has 0 aliphatic carbocycles. The Morgan fingerprint density at radius 2 is 2.06 bits per heavy atom. The van der Waals surface area contributed by atoms with Crippen LogP contribution in [0.25, 0.3) is 0 Å². The monoisotopic (exact) mass is 260 g/mol. The van der Waals surface area contributed by atoms with Gasteiger partial charge in [0.1, 0.15) is 0 Å². The standard InChI is InChI=1S/C12H24N2O2S/c1-10-8-14(6-5-12(10)13-2)11-4-3-7-17(15,16)9-11/h10-13H,3-9H2,1-2H3. The summed E-state index contributed by atoms with van der Waals surface area (Å²) in [7, 11) is -0.759. The maximum Gasteiger partial charge on any atom is 0.151 e. The van der Waals surface area contributed by atoms with Crippen molar-refractivity contribution in [1.29, 1.82) is 0 Å². The zero-order valence-electron chi connectivity index (χ0n) is 10.9. The molecule has 5 heteroatoms. The summed E-state index contributed by atoms with van der Waals surface area (Å²) < 4.78 is 23.3. The normalized spacial score (nSPS) is 39.1. The van der Waals surface area contributed by atoms with Crippen molar-refractivity contribution in [2.24, 2.45) is 5.92 Å². The Morgan fingerprint density at radius 1 is 1.29 bits per heavy atom. The number of nitrogens with one attached hydrogen (secondary N) is 1. The molecule has 3 atom stereocenters. The van der Waals surface area contributed by atoms with Crippen molar-refractivity contribution < 1.29 is 8.42 Å². The molecule has 17 heavy (non-hydrogen) atoms. The minimum Gasteiger partial charge on any atom is -0.317 e. The van der Waals surface area contributed by atoms with Crippen LogP contribution < -0.4 is 5.32 Å². The lowest BCUT2D eigenvalue weighted by Crippen LogP contribution is -2.53. The van der Waals surface area contributed by atoms with Crippen LogP contribution in [0.5, 0.6) is 0 Å². The Hall–Kier alpha value is -0.130. The van der Waals surface area contributed by atoms with Gasteiger partial charge in [0.05, 0.1) is 11.5 Å². The molecule has 0 aromatic rings. The van der Waals surface area contributed by atoms with Crippen LogP contribution in [-0.4, -0.2) is 57.0 Å². The number of hydrogen-bond acceptors (Lipinski definition) is 4. The molecule has 0 radical (unpaired) electrons. The average molecular weight is 260 g/mol. The van der Waals surface area contributed by atoms with Gasteiger partial charge in [0.2, 0.25) is 0 Å². The van der Waals surface area contributed by atoms with E-state index in [-0.39, 0.29) is 6.04 Å². The highest BCUT2D eigenvalue weighted by Gasteiger charge is 2.33. The van der Waals surface area contributed by atoms with E-state index in [9.17, 15) is 8.42 Å². The summed E-state index contributed by atoms with van der Waals surface area (Å²) in [6.45, 7) is 4.33. The summed E-state index contributed by atoms with van der Waals surface area (Å²) >= 11 is 0. The quantitative estimate of drug-likeness (QED) is 0.785. The van der Waals surface area contributed by atoms with E-state index in [0.717, 1.165) is 32.4 Å². The molecule has 100 valence electrons. The Labute approximate surface area is 105 Å². The number of rotatable bonds is 2. The van der Waals surface area contributed by atoms with Crippen LogP contribution >= 0.6 is 0 Å². The predicted octanol–water partition coefficient (Wildman–Crippen LogP) is 0.493. The summed E-state index contributed by atoms with van der Waals surface area (Å²) in [5.74, 6) is 1.38. The number of sulfone groups is 1. The summed E-state index contributed by atoms with van der Waals surface area (Å²) in [6.07, 6.45) is 3.03. The molecule has 1 N–H and O–H groups in total. The van der Waals surface area contributed by atoms with Gasteiger partial charge in [0.15, 0.2) is 9.84 Å². The molecule has 2 heterocycles. The minimum absolute atomic E-state index is 0.272. The second-order valence-electron chi connectivity index (χ2n) is 5.57. The molecule has 2 saturated heterocycles. The number of likely N-dealkylation sites (tertiary alicyclic amines) is 1. The van der Waals surface area contributed by atoms with Crippen LogP contribution in [0.3, 0.4) is 0 Å². The zero-order valence-corrected chi connectivity index (χ0v) is 11.7. The summed E-state index contributed by atoms with van der Waals surface area (Å²) in [6, 6.07) is 0.862. The van der Waals surface area contributed by atoms with E-state index in [0.29, 0.717) is 23.5 Å². The molecule has 0 saturated carbocycles. The Bertz CT molecular complexity index is 356. The highest BCUT2D eigenvalue weighted by molar-refractivity contribution is 7.91. The SMILES string of the molecule is CNC1CCN(C2CCCS(=O)(=O)C2)CC1C. The second-order valence-corrected chi connectivity index (χ2v) is 7.80. The first kappa shape index (κ1) is 13.3. The number of piperidine rings is 1. The maximum absolute atomic E-state index is 11.7. The first-order chi connectivity index (χ1) is 8.02. The van der Waals surface area contributed by atoms with Crippen LogP contribution in [-0.2, 0) is 9.84 Å². The van der Waals surface area contributed by atoms with Gasteiger partial charge < -0.3 is 5.32 Å². The largest absolute Gasteiger partial charge is 0.317 e. The lowest BCUT2D eigenvalue weighted by Gasteiger charge is -2.42. The molecule has 0 aromatic carbocycles. The van der Waals surface area contributed by atoms with Crippen LogP contribution in [0.2, 0.25) is 0 Å². The van der Waals surface area contributed by atoms with Gasteiger partial charge in [-0.2, -0.15) is 0 Å². The Morgan fingerprint density at radius 3 is 2.65 bits per heavy atom. The first-order valence-electron chi connectivity index (χ1n) is 6.63. The zero-order chi connectivity index (χ0) is 12.5. The molecule has 3 unspecified atom stereocenters. The van der Waals surface area contributed by atoms with E-state index < -0.39 is 9.84 Å². The molecule has 0 aromatic heterocycles. The average Bonchev–Trinajstić information content (AvgIpc) is 2.27. The van der Waals surface area contributed by atoms with Gasteiger partial charge >= 0.3 is 0 Å². The van der Waals surface area contributed by atoms with E-state index in [1.54, 1.807) is 0 Å². The number of hydrogen-bond donors (Lipinski definition) is 1. The van der Waals surface area contributed by atoms with Gasteiger partial charge in [0.25, 0.3) is 0 Å². The highest BCUT2D eigenvalue weighted by atomic mass is 32.2. The van der Waals surface area contributed by atoms with Gasteiger partial charge in [0, 0.05) is 18.6 Å². The maximum atomic E-state index is 11.7. The summed E-state index contributed by atoms with van der Waals surface area (Å²) in [5.41, 5.74) is 0. The topological polar surface area (TPSA) is 49.4 Å². The Kier molecular flexibility index (Phi) is 4.10. The van der Waals surface area contributed by atoms with Crippen molar-refractivity contribution in [2.45, 2.75) is 38.3 Å².